The molecule has 0 amide bonds. The van der Waals surface area contributed by atoms with Crippen molar-refractivity contribution < 1.29 is 0 Å². The summed E-state index contributed by atoms with van der Waals surface area (Å²) in [6.07, 6.45) is 4.67. The van der Waals surface area contributed by atoms with Gasteiger partial charge in [-0.1, -0.05) is 48.5 Å². The van der Waals surface area contributed by atoms with Crippen LogP contribution >= 0.6 is 0 Å². The highest BCUT2D eigenvalue weighted by Gasteiger charge is 2.35. The molecule has 0 unspecified atom stereocenters. The normalized spacial score (nSPS) is 13.9. The lowest BCUT2D eigenvalue weighted by molar-refractivity contribution is 1.21. The van der Waals surface area contributed by atoms with E-state index in [2.05, 4.69) is 61.0 Å². The first-order valence-electron chi connectivity index (χ1n) is 5.53. The van der Waals surface area contributed by atoms with E-state index in [1.807, 2.05) is 0 Å². The van der Waals surface area contributed by atoms with E-state index in [1.165, 1.54) is 22.3 Å². The third-order valence-corrected chi connectivity index (χ3v) is 4.70. The zero-order valence-electron chi connectivity index (χ0n) is 9.60. The van der Waals surface area contributed by atoms with E-state index in [0.717, 1.165) is 0 Å². The maximum atomic E-state index is 2.34. The van der Waals surface area contributed by atoms with Crippen LogP contribution in [0.15, 0.2) is 48.5 Å². The molecule has 0 saturated carbocycles. The number of fused-ring (bicyclic) bond motifs is 3. The van der Waals surface area contributed by atoms with Gasteiger partial charge in [0.2, 0.25) is 0 Å². The van der Waals surface area contributed by atoms with Gasteiger partial charge in [-0.25, -0.2) is 0 Å². The lowest BCUT2D eigenvalue weighted by atomic mass is 10.1. The van der Waals surface area contributed by atoms with E-state index >= 15 is 0 Å². The first-order valence-corrected chi connectivity index (χ1v) is 7.64. The average Bonchev–Trinajstić information content (AvgIpc) is 2.63. The minimum absolute atomic E-state index is 0.386. The van der Waals surface area contributed by atoms with Crippen molar-refractivity contribution in [3.8, 4) is 11.1 Å². The Labute approximate surface area is 99.7 Å². The highest BCUT2D eigenvalue weighted by molar-refractivity contribution is 7.96. The van der Waals surface area contributed by atoms with Gasteiger partial charge in [-0.3, -0.25) is 0 Å². The highest BCUT2D eigenvalue weighted by Crippen LogP contribution is 2.46. The van der Waals surface area contributed by atoms with Crippen molar-refractivity contribution in [1.82, 2.24) is 0 Å². The second kappa shape index (κ2) is 3.67. The molecule has 0 aromatic heterocycles. The van der Waals surface area contributed by atoms with Gasteiger partial charge in [0, 0.05) is 11.1 Å². The molecular weight excluding hydrogens is 212 g/mol. The molecule has 0 aliphatic heterocycles. The minimum atomic E-state index is 0.386. The van der Waals surface area contributed by atoms with Crippen LogP contribution in [0.25, 0.3) is 11.1 Å². The molecule has 0 fully saturated rings. The van der Waals surface area contributed by atoms with E-state index in [4.69, 9.17) is 0 Å². The summed E-state index contributed by atoms with van der Waals surface area (Å²) in [5.74, 6) is 0. The highest BCUT2D eigenvalue weighted by atomic mass is 32.2. The molecule has 0 spiro atoms. The molecule has 0 nitrogen and oxygen atoms in total. The van der Waals surface area contributed by atoms with Crippen LogP contribution in [0, 0.1) is 0 Å². The Balaban J connectivity index is 2.30. The van der Waals surface area contributed by atoms with Crippen molar-refractivity contribution in [1.29, 1.82) is 0 Å². The van der Waals surface area contributed by atoms with Gasteiger partial charge in [-0.2, -0.15) is 0 Å². The van der Waals surface area contributed by atoms with Crippen molar-refractivity contribution in [2.75, 3.05) is 12.5 Å². The maximum absolute atomic E-state index is 2.34. The second-order valence-corrected chi connectivity index (χ2v) is 6.66. The van der Waals surface area contributed by atoms with Gasteiger partial charge in [0.05, 0.1) is 12.5 Å². The van der Waals surface area contributed by atoms with Gasteiger partial charge < -0.3 is 0 Å². The van der Waals surface area contributed by atoms with Gasteiger partial charge in [0.15, 0.2) is 5.25 Å². The van der Waals surface area contributed by atoms with Crippen molar-refractivity contribution in [2.24, 2.45) is 0 Å². The van der Waals surface area contributed by atoms with Crippen LogP contribution in [-0.4, -0.2) is 12.5 Å². The lowest BCUT2D eigenvalue weighted by Crippen LogP contribution is -2.08. The largest absolute Gasteiger partial charge is 0.168 e. The third kappa shape index (κ3) is 1.31. The quantitative estimate of drug-likeness (QED) is 0.653. The smallest absolute Gasteiger partial charge is 0.0617 e. The van der Waals surface area contributed by atoms with E-state index in [-0.39, 0.29) is 0 Å². The number of hydrogen-bond acceptors (Lipinski definition) is 0. The Bertz CT molecular complexity index is 483. The summed E-state index contributed by atoms with van der Waals surface area (Å²) in [6.45, 7) is 0. The molecule has 0 saturated heterocycles. The molecule has 2 aromatic carbocycles. The molecule has 1 aliphatic carbocycles. The Hall–Kier alpha value is -1.21. The summed E-state index contributed by atoms with van der Waals surface area (Å²) >= 11 is 0. The van der Waals surface area contributed by atoms with Crippen LogP contribution in [0.2, 0.25) is 0 Å². The monoisotopic (exact) mass is 227 g/mol. The minimum Gasteiger partial charge on any atom is -0.0617 e. The zero-order valence-corrected chi connectivity index (χ0v) is 10.4. The molecular formula is C15H15S+. The van der Waals surface area contributed by atoms with Gasteiger partial charge in [-0.05, 0) is 22.0 Å². The Morgan fingerprint density at radius 3 is 1.62 bits per heavy atom. The van der Waals surface area contributed by atoms with Crippen molar-refractivity contribution in [3.63, 3.8) is 0 Å². The third-order valence-electron chi connectivity index (χ3n) is 3.25. The number of hydrogen-bond donors (Lipinski definition) is 0. The van der Waals surface area contributed by atoms with Gasteiger partial charge in [0.1, 0.15) is 0 Å². The van der Waals surface area contributed by atoms with Crippen LogP contribution in [0.4, 0.5) is 0 Å². The van der Waals surface area contributed by atoms with Crippen molar-refractivity contribution in [3.05, 3.63) is 59.7 Å². The van der Waals surface area contributed by atoms with Gasteiger partial charge in [-0.15, -0.1) is 0 Å². The van der Waals surface area contributed by atoms with Crippen LogP contribution in [-0.2, 0) is 10.9 Å². The Morgan fingerprint density at radius 2 is 1.19 bits per heavy atom. The molecule has 0 N–H and O–H groups in total. The maximum Gasteiger partial charge on any atom is 0.168 e. The van der Waals surface area contributed by atoms with Crippen LogP contribution in [0.3, 0.4) is 0 Å². The van der Waals surface area contributed by atoms with Crippen molar-refractivity contribution >= 4 is 10.9 Å². The summed E-state index contributed by atoms with van der Waals surface area (Å²) in [5.41, 5.74) is 5.89. The molecule has 16 heavy (non-hydrogen) atoms. The predicted octanol–water partition coefficient (Wildman–Crippen LogP) is 3.63. The summed E-state index contributed by atoms with van der Waals surface area (Å²) in [6, 6.07) is 17.7. The Morgan fingerprint density at radius 1 is 0.750 bits per heavy atom. The molecule has 1 aliphatic rings. The summed E-state index contributed by atoms with van der Waals surface area (Å²) < 4.78 is 0. The molecule has 0 bridgehead atoms. The molecule has 0 heterocycles. The first-order chi connectivity index (χ1) is 7.79. The van der Waals surface area contributed by atoms with E-state index in [1.54, 1.807) is 0 Å². The summed E-state index contributed by atoms with van der Waals surface area (Å²) in [5, 5.41) is 0.604. The fourth-order valence-electron chi connectivity index (χ4n) is 2.62. The topological polar surface area (TPSA) is 0 Å². The van der Waals surface area contributed by atoms with Gasteiger partial charge >= 0.3 is 0 Å². The SMILES string of the molecule is C[S+](C)C1c2ccccc2-c2ccccc21. The fourth-order valence-corrected chi connectivity index (χ4v) is 4.04. The molecule has 3 rings (SSSR count). The molecule has 2 aromatic rings. The van der Waals surface area contributed by atoms with Crippen molar-refractivity contribution in [2.45, 2.75) is 5.25 Å². The molecule has 0 atom stereocenters. The lowest BCUT2D eigenvalue weighted by Gasteiger charge is -2.09. The number of benzene rings is 2. The summed E-state index contributed by atoms with van der Waals surface area (Å²) in [7, 11) is 0.386. The second-order valence-electron chi connectivity index (χ2n) is 4.43. The zero-order chi connectivity index (χ0) is 11.1. The molecule has 0 radical (unpaired) electrons. The average molecular weight is 227 g/mol. The van der Waals surface area contributed by atoms with E-state index in [9.17, 15) is 0 Å². The van der Waals surface area contributed by atoms with Crippen LogP contribution < -0.4 is 0 Å². The fraction of sp³-hybridized carbons (Fsp3) is 0.200. The van der Waals surface area contributed by atoms with E-state index < -0.39 is 0 Å². The number of rotatable bonds is 1. The first kappa shape index (κ1) is 9.98. The molecule has 80 valence electrons. The molecule has 1 heteroatoms. The summed E-state index contributed by atoms with van der Waals surface area (Å²) in [4.78, 5) is 0. The standard InChI is InChI=1S/C15H15S/c1-16(2)15-13-9-5-3-7-11(13)12-8-4-6-10-14(12)15/h3-10,15H,1-2H3/q+1. The van der Waals surface area contributed by atoms with E-state index in [0.29, 0.717) is 16.1 Å². The van der Waals surface area contributed by atoms with Gasteiger partial charge in [0.25, 0.3) is 0 Å². The van der Waals surface area contributed by atoms with Crippen LogP contribution in [0.5, 0.6) is 0 Å². The Kier molecular flexibility index (Phi) is 2.29. The predicted molar refractivity (Wildman–Crippen MR) is 72.9 cm³/mol. The van der Waals surface area contributed by atoms with Crippen LogP contribution in [0.1, 0.15) is 16.4 Å².